The van der Waals surface area contributed by atoms with Crippen molar-refractivity contribution in [3.63, 3.8) is 0 Å². The lowest BCUT2D eigenvalue weighted by atomic mass is 9.99. The van der Waals surface area contributed by atoms with Gasteiger partial charge in [0.25, 0.3) is 0 Å². The van der Waals surface area contributed by atoms with E-state index < -0.39 is 0 Å². The van der Waals surface area contributed by atoms with Crippen LogP contribution in [0.25, 0.3) is 0 Å². The summed E-state index contributed by atoms with van der Waals surface area (Å²) in [5.41, 5.74) is 2.93. The number of ether oxygens (including phenoxy) is 1. The van der Waals surface area contributed by atoms with E-state index in [9.17, 15) is 4.79 Å². The standard InChI is InChI=1S/C19H29NO2/c1-4-22-19-14-15(2)17(13-16(19)3)18(21)9-12-20-10-7-5-6-8-11-20/h13-14H,4-12H2,1-3H3. The van der Waals surface area contributed by atoms with Crippen LogP contribution in [0.5, 0.6) is 5.75 Å². The van der Waals surface area contributed by atoms with E-state index in [4.69, 9.17) is 4.74 Å². The van der Waals surface area contributed by atoms with Gasteiger partial charge < -0.3 is 9.64 Å². The molecule has 0 unspecified atom stereocenters. The number of Topliss-reactive ketones (excluding diaryl/α,β-unsaturated/α-hetero) is 1. The summed E-state index contributed by atoms with van der Waals surface area (Å²) in [6.45, 7) is 9.84. The van der Waals surface area contributed by atoms with Crippen molar-refractivity contribution in [2.75, 3.05) is 26.2 Å². The number of hydrogen-bond acceptors (Lipinski definition) is 3. The summed E-state index contributed by atoms with van der Waals surface area (Å²) in [4.78, 5) is 15.0. The molecule has 0 bridgehead atoms. The van der Waals surface area contributed by atoms with E-state index in [1.165, 1.54) is 25.7 Å². The third-order valence-corrected chi connectivity index (χ3v) is 4.48. The minimum absolute atomic E-state index is 0.257. The summed E-state index contributed by atoms with van der Waals surface area (Å²) in [6, 6.07) is 3.99. The number of hydrogen-bond donors (Lipinski definition) is 0. The van der Waals surface area contributed by atoms with E-state index in [0.717, 1.165) is 42.1 Å². The van der Waals surface area contributed by atoms with Crippen molar-refractivity contribution < 1.29 is 9.53 Å². The minimum Gasteiger partial charge on any atom is -0.494 e. The van der Waals surface area contributed by atoms with Crippen LogP contribution in [0.15, 0.2) is 12.1 Å². The van der Waals surface area contributed by atoms with Gasteiger partial charge in [0.2, 0.25) is 0 Å². The van der Waals surface area contributed by atoms with Gasteiger partial charge in [0, 0.05) is 18.5 Å². The number of likely N-dealkylation sites (tertiary alicyclic amines) is 1. The third kappa shape index (κ3) is 4.57. The van der Waals surface area contributed by atoms with Crippen LogP contribution in [0, 0.1) is 13.8 Å². The van der Waals surface area contributed by atoms with Crippen LogP contribution in [-0.2, 0) is 0 Å². The molecule has 0 N–H and O–H groups in total. The average Bonchev–Trinajstić information content (AvgIpc) is 2.77. The van der Waals surface area contributed by atoms with E-state index in [2.05, 4.69) is 4.90 Å². The molecule has 0 amide bonds. The molecule has 22 heavy (non-hydrogen) atoms. The Morgan fingerprint density at radius 1 is 1.09 bits per heavy atom. The monoisotopic (exact) mass is 303 g/mol. The normalized spacial score (nSPS) is 16.3. The molecular formula is C19H29NO2. The zero-order valence-electron chi connectivity index (χ0n) is 14.3. The first kappa shape index (κ1) is 17.0. The molecule has 0 atom stereocenters. The molecule has 1 aromatic carbocycles. The number of carbonyl (C=O) groups excluding carboxylic acids is 1. The van der Waals surface area contributed by atoms with Crippen molar-refractivity contribution in [1.82, 2.24) is 4.90 Å². The van der Waals surface area contributed by atoms with Crippen molar-refractivity contribution in [2.45, 2.75) is 52.9 Å². The van der Waals surface area contributed by atoms with Gasteiger partial charge in [-0.25, -0.2) is 0 Å². The molecular weight excluding hydrogens is 274 g/mol. The molecule has 1 saturated heterocycles. The molecule has 122 valence electrons. The van der Waals surface area contributed by atoms with E-state index in [0.29, 0.717) is 13.0 Å². The van der Waals surface area contributed by atoms with Gasteiger partial charge in [-0.15, -0.1) is 0 Å². The van der Waals surface area contributed by atoms with Crippen molar-refractivity contribution in [3.8, 4) is 5.75 Å². The van der Waals surface area contributed by atoms with Gasteiger partial charge in [0.15, 0.2) is 5.78 Å². The molecule has 3 nitrogen and oxygen atoms in total. The first-order valence-electron chi connectivity index (χ1n) is 8.61. The van der Waals surface area contributed by atoms with Crippen LogP contribution in [0.1, 0.15) is 60.5 Å². The highest BCUT2D eigenvalue weighted by molar-refractivity contribution is 5.98. The van der Waals surface area contributed by atoms with E-state index in [-0.39, 0.29) is 5.78 Å². The summed E-state index contributed by atoms with van der Waals surface area (Å²) in [6.07, 6.45) is 5.84. The molecule has 2 rings (SSSR count). The Hall–Kier alpha value is -1.35. The Bertz CT molecular complexity index is 502. The molecule has 0 aliphatic carbocycles. The predicted molar refractivity (Wildman–Crippen MR) is 90.9 cm³/mol. The fourth-order valence-electron chi connectivity index (χ4n) is 3.16. The molecule has 1 fully saturated rings. The maximum absolute atomic E-state index is 12.5. The van der Waals surface area contributed by atoms with Gasteiger partial charge in [-0.2, -0.15) is 0 Å². The number of aryl methyl sites for hydroxylation is 2. The lowest BCUT2D eigenvalue weighted by Crippen LogP contribution is -2.27. The van der Waals surface area contributed by atoms with Gasteiger partial charge in [-0.3, -0.25) is 4.79 Å². The highest BCUT2D eigenvalue weighted by Crippen LogP contribution is 2.24. The number of benzene rings is 1. The summed E-state index contributed by atoms with van der Waals surface area (Å²) in [7, 11) is 0. The Labute approximate surface area is 134 Å². The number of nitrogens with zero attached hydrogens (tertiary/aromatic N) is 1. The summed E-state index contributed by atoms with van der Waals surface area (Å²) < 4.78 is 5.60. The Morgan fingerprint density at radius 3 is 2.41 bits per heavy atom. The van der Waals surface area contributed by atoms with Crippen LogP contribution < -0.4 is 4.74 Å². The predicted octanol–water partition coefficient (Wildman–Crippen LogP) is 4.15. The second kappa shape index (κ2) is 8.33. The Morgan fingerprint density at radius 2 is 1.77 bits per heavy atom. The van der Waals surface area contributed by atoms with Gasteiger partial charge in [0.1, 0.15) is 5.75 Å². The van der Waals surface area contributed by atoms with Crippen LogP contribution in [-0.4, -0.2) is 36.9 Å². The van der Waals surface area contributed by atoms with E-state index >= 15 is 0 Å². The minimum atomic E-state index is 0.257. The van der Waals surface area contributed by atoms with Crippen molar-refractivity contribution in [2.24, 2.45) is 0 Å². The Kier molecular flexibility index (Phi) is 6.44. The molecule has 0 spiro atoms. The fraction of sp³-hybridized carbons (Fsp3) is 0.632. The van der Waals surface area contributed by atoms with Crippen LogP contribution >= 0.6 is 0 Å². The van der Waals surface area contributed by atoms with E-state index in [1.54, 1.807) is 0 Å². The zero-order chi connectivity index (χ0) is 15.9. The number of ketones is 1. The number of rotatable bonds is 6. The molecule has 3 heteroatoms. The van der Waals surface area contributed by atoms with Gasteiger partial charge >= 0.3 is 0 Å². The van der Waals surface area contributed by atoms with Crippen molar-refractivity contribution in [1.29, 1.82) is 0 Å². The van der Waals surface area contributed by atoms with Crippen LogP contribution in [0.3, 0.4) is 0 Å². The maximum atomic E-state index is 12.5. The molecule has 0 radical (unpaired) electrons. The molecule has 1 heterocycles. The third-order valence-electron chi connectivity index (χ3n) is 4.48. The SMILES string of the molecule is CCOc1cc(C)c(C(=O)CCN2CCCCCC2)cc1C. The summed E-state index contributed by atoms with van der Waals surface area (Å²) >= 11 is 0. The van der Waals surface area contributed by atoms with Crippen LogP contribution in [0.4, 0.5) is 0 Å². The quantitative estimate of drug-likeness (QED) is 0.739. The smallest absolute Gasteiger partial charge is 0.164 e. The average molecular weight is 303 g/mol. The maximum Gasteiger partial charge on any atom is 0.164 e. The van der Waals surface area contributed by atoms with Crippen LogP contribution in [0.2, 0.25) is 0 Å². The van der Waals surface area contributed by atoms with Gasteiger partial charge in [0.05, 0.1) is 6.61 Å². The topological polar surface area (TPSA) is 29.5 Å². The molecule has 1 aromatic rings. The van der Waals surface area contributed by atoms with Gasteiger partial charge in [-0.05, 0) is 70.0 Å². The first-order chi connectivity index (χ1) is 10.6. The highest BCUT2D eigenvalue weighted by Gasteiger charge is 2.15. The molecule has 0 saturated carbocycles. The molecule has 1 aliphatic rings. The second-order valence-corrected chi connectivity index (χ2v) is 6.29. The summed E-state index contributed by atoms with van der Waals surface area (Å²) in [5.74, 6) is 1.15. The zero-order valence-corrected chi connectivity index (χ0v) is 14.3. The largest absolute Gasteiger partial charge is 0.494 e. The number of carbonyl (C=O) groups is 1. The lowest BCUT2D eigenvalue weighted by molar-refractivity contribution is 0.0964. The summed E-state index contributed by atoms with van der Waals surface area (Å²) in [5, 5.41) is 0. The molecule has 0 aromatic heterocycles. The van der Waals surface area contributed by atoms with Crippen molar-refractivity contribution in [3.05, 3.63) is 28.8 Å². The second-order valence-electron chi connectivity index (χ2n) is 6.29. The first-order valence-corrected chi connectivity index (χ1v) is 8.61. The molecule has 1 aliphatic heterocycles. The van der Waals surface area contributed by atoms with E-state index in [1.807, 2.05) is 32.9 Å². The Balaban J connectivity index is 1.98. The van der Waals surface area contributed by atoms with Crippen molar-refractivity contribution >= 4 is 5.78 Å². The fourth-order valence-corrected chi connectivity index (χ4v) is 3.16. The highest BCUT2D eigenvalue weighted by atomic mass is 16.5. The van der Waals surface area contributed by atoms with Gasteiger partial charge in [-0.1, -0.05) is 12.8 Å². The lowest BCUT2D eigenvalue weighted by Gasteiger charge is -2.19.